The van der Waals surface area contributed by atoms with E-state index in [0.29, 0.717) is 0 Å². The minimum Gasteiger partial charge on any atom is -0.461 e. The van der Waals surface area contributed by atoms with Crippen molar-refractivity contribution in [2.24, 2.45) is 0 Å². The van der Waals surface area contributed by atoms with Crippen molar-refractivity contribution >= 4 is 22.7 Å². The molecule has 0 aliphatic rings. The van der Waals surface area contributed by atoms with Gasteiger partial charge in [-0.1, -0.05) is 24.1 Å². The highest BCUT2D eigenvalue weighted by atomic mass is 32.2. The molecular weight excluding hydrogens is 242 g/mol. The van der Waals surface area contributed by atoms with Gasteiger partial charge in [0.2, 0.25) is 0 Å². The first kappa shape index (κ1) is 13.1. The normalized spacial score (nSPS) is 10.7. The maximum atomic E-state index is 5.72. The Morgan fingerprint density at radius 2 is 2.22 bits per heavy atom. The van der Waals surface area contributed by atoms with Crippen LogP contribution in [-0.4, -0.2) is 18.1 Å². The number of nitrogens with one attached hydrogen (secondary N) is 1. The highest BCUT2D eigenvalue weighted by molar-refractivity contribution is 7.99. The van der Waals surface area contributed by atoms with Gasteiger partial charge >= 0.3 is 0 Å². The molecule has 0 fully saturated rings. The molecular formula is C15H17NOS. The highest BCUT2D eigenvalue weighted by Crippen LogP contribution is 2.24. The highest BCUT2D eigenvalue weighted by Gasteiger charge is 2.09. The number of hydrogen-bond donors (Lipinski definition) is 1. The second-order valence-electron chi connectivity index (χ2n) is 4.07. The summed E-state index contributed by atoms with van der Waals surface area (Å²) in [6.07, 6.45) is 5.20. The lowest BCUT2D eigenvalue weighted by molar-refractivity contribution is 0.567. The van der Waals surface area contributed by atoms with Gasteiger partial charge in [-0.25, -0.2) is 0 Å². The third-order valence-electron chi connectivity index (χ3n) is 2.81. The number of benzene rings is 1. The summed E-state index contributed by atoms with van der Waals surface area (Å²) < 4.78 is 5.72. The SMILES string of the molecule is C#CCSCCNCc1c(C)oc2ccccc12. The minimum atomic E-state index is 0.787. The summed E-state index contributed by atoms with van der Waals surface area (Å²) in [6, 6.07) is 8.16. The van der Waals surface area contributed by atoms with Crippen molar-refractivity contribution in [1.82, 2.24) is 5.32 Å². The van der Waals surface area contributed by atoms with Gasteiger partial charge in [0.05, 0.1) is 5.75 Å². The second kappa shape index (κ2) is 6.53. The van der Waals surface area contributed by atoms with Crippen molar-refractivity contribution in [1.29, 1.82) is 0 Å². The van der Waals surface area contributed by atoms with Gasteiger partial charge in [0, 0.05) is 29.8 Å². The molecule has 2 aromatic rings. The zero-order valence-electron chi connectivity index (χ0n) is 10.5. The van der Waals surface area contributed by atoms with E-state index in [2.05, 4.69) is 17.3 Å². The molecule has 0 aliphatic carbocycles. The number of thioether (sulfide) groups is 1. The number of hydrogen-bond acceptors (Lipinski definition) is 3. The summed E-state index contributed by atoms with van der Waals surface area (Å²) in [5.74, 6) is 5.45. The number of terminal acetylenes is 1. The van der Waals surface area contributed by atoms with Crippen molar-refractivity contribution in [3.05, 3.63) is 35.6 Å². The van der Waals surface area contributed by atoms with Crippen LogP contribution in [0.4, 0.5) is 0 Å². The van der Waals surface area contributed by atoms with Crippen LogP contribution in [0.25, 0.3) is 11.0 Å². The lowest BCUT2D eigenvalue weighted by Crippen LogP contribution is -2.16. The predicted molar refractivity (Wildman–Crippen MR) is 78.8 cm³/mol. The molecule has 1 heterocycles. The molecule has 0 amide bonds. The predicted octanol–water partition coefficient (Wildman–Crippen LogP) is 3.20. The lowest BCUT2D eigenvalue weighted by atomic mass is 10.1. The zero-order chi connectivity index (χ0) is 12.8. The Hall–Kier alpha value is -1.37. The fourth-order valence-corrected chi connectivity index (χ4v) is 2.48. The van der Waals surface area contributed by atoms with Gasteiger partial charge < -0.3 is 9.73 Å². The number of aryl methyl sites for hydroxylation is 1. The number of para-hydroxylation sites is 1. The smallest absolute Gasteiger partial charge is 0.134 e. The molecule has 0 radical (unpaired) electrons. The van der Waals surface area contributed by atoms with E-state index >= 15 is 0 Å². The fraction of sp³-hybridized carbons (Fsp3) is 0.333. The summed E-state index contributed by atoms with van der Waals surface area (Å²) in [5, 5.41) is 4.64. The Morgan fingerprint density at radius 1 is 1.39 bits per heavy atom. The Bertz CT molecular complexity index is 553. The molecule has 0 spiro atoms. The molecule has 1 aromatic carbocycles. The topological polar surface area (TPSA) is 25.2 Å². The molecule has 0 unspecified atom stereocenters. The van der Waals surface area contributed by atoms with Gasteiger partial charge in [-0.3, -0.25) is 0 Å². The zero-order valence-corrected chi connectivity index (χ0v) is 11.3. The van der Waals surface area contributed by atoms with E-state index in [-0.39, 0.29) is 0 Å². The summed E-state index contributed by atoms with van der Waals surface area (Å²) >= 11 is 1.78. The van der Waals surface area contributed by atoms with Crippen LogP contribution in [0.5, 0.6) is 0 Å². The molecule has 2 nitrogen and oxygen atoms in total. The van der Waals surface area contributed by atoms with Gasteiger partial charge in [0.1, 0.15) is 11.3 Å². The summed E-state index contributed by atoms with van der Waals surface area (Å²) in [5.41, 5.74) is 2.22. The number of fused-ring (bicyclic) bond motifs is 1. The van der Waals surface area contributed by atoms with Crippen LogP contribution in [0, 0.1) is 19.3 Å². The van der Waals surface area contributed by atoms with Crippen LogP contribution in [0.15, 0.2) is 28.7 Å². The monoisotopic (exact) mass is 259 g/mol. The van der Waals surface area contributed by atoms with Gasteiger partial charge in [-0.15, -0.1) is 18.2 Å². The van der Waals surface area contributed by atoms with E-state index in [0.717, 1.165) is 35.9 Å². The molecule has 0 saturated carbocycles. The largest absolute Gasteiger partial charge is 0.461 e. The second-order valence-corrected chi connectivity index (χ2v) is 5.17. The average molecular weight is 259 g/mol. The summed E-state index contributed by atoms with van der Waals surface area (Å²) in [4.78, 5) is 0. The van der Waals surface area contributed by atoms with Crippen LogP contribution in [0.1, 0.15) is 11.3 Å². The van der Waals surface area contributed by atoms with E-state index in [9.17, 15) is 0 Å². The Morgan fingerprint density at radius 3 is 3.06 bits per heavy atom. The average Bonchev–Trinajstić information content (AvgIpc) is 2.70. The van der Waals surface area contributed by atoms with Crippen LogP contribution in [0.3, 0.4) is 0 Å². The third kappa shape index (κ3) is 3.10. The van der Waals surface area contributed by atoms with Gasteiger partial charge in [-0.05, 0) is 13.0 Å². The molecule has 0 saturated heterocycles. The van der Waals surface area contributed by atoms with Crippen LogP contribution in [-0.2, 0) is 6.54 Å². The van der Waals surface area contributed by atoms with E-state index in [4.69, 9.17) is 10.8 Å². The van der Waals surface area contributed by atoms with Crippen molar-refractivity contribution in [3.63, 3.8) is 0 Å². The number of furan rings is 1. The van der Waals surface area contributed by atoms with Gasteiger partial charge in [0.15, 0.2) is 0 Å². The maximum Gasteiger partial charge on any atom is 0.134 e. The van der Waals surface area contributed by atoms with Crippen molar-refractivity contribution in [3.8, 4) is 12.3 Å². The Balaban J connectivity index is 1.91. The molecule has 3 heteroatoms. The van der Waals surface area contributed by atoms with Crippen molar-refractivity contribution in [2.75, 3.05) is 18.1 Å². The quantitative estimate of drug-likeness (QED) is 0.637. The lowest BCUT2D eigenvalue weighted by Gasteiger charge is -2.03. The van der Waals surface area contributed by atoms with Crippen molar-refractivity contribution in [2.45, 2.75) is 13.5 Å². The standard InChI is InChI=1S/C15H17NOS/c1-3-9-18-10-8-16-11-14-12(2)17-15-7-5-4-6-13(14)15/h1,4-7,16H,8-11H2,2H3. The molecule has 2 rings (SSSR count). The first-order valence-corrected chi connectivity index (χ1v) is 7.17. The van der Waals surface area contributed by atoms with Crippen molar-refractivity contribution < 1.29 is 4.42 Å². The van der Waals surface area contributed by atoms with Crippen LogP contribution in [0.2, 0.25) is 0 Å². The molecule has 0 aliphatic heterocycles. The van der Waals surface area contributed by atoms with Gasteiger partial charge in [-0.2, -0.15) is 0 Å². The Kier molecular flexibility index (Phi) is 4.74. The molecule has 1 aromatic heterocycles. The van der Waals surface area contributed by atoms with Crippen LogP contribution < -0.4 is 5.32 Å². The van der Waals surface area contributed by atoms with E-state index in [1.807, 2.05) is 25.1 Å². The van der Waals surface area contributed by atoms with E-state index in [1.54, 1.807) is 11.8 Å². The van der Waals surface area contributed by atoms with E-state index < -0.39 is 0 Å². The minimum absolute atomic E-state index is 0.787. The molecule has 0 atom stereocenters. The first-order valence-electron chi connectivity index (χ1n) is 6.02. The fourth-order valence-electron chi connectivity index (χ4n) is 1.93. The maximum absolute atomic E-state index is 5.72. The van der Waals surface area contributed by atoms with Crippen LogP contribution >= 0.6 is 11.8 Å². The molecule has 94 valence electrons. The molecule has 18 heavy (non-hydrogen) atoms. The first-order chi connectivity index (χ1) is 8.83. The van der Waals surface area contributed by atoms with E-state index in [1.165, 1.54) is 10.9 Å². The molecule has 0 bridgehead atoms. The van der Waals surface area contributed by atoms with Gasteiger partial charge in [0.25, 0.3) is 0 Å². The summed E-state index contributed by atoms with van der Waals surface area (Å²) in [6.45, 7) is 3.83. The summed E-state index contributed by atoms with van der Waals surface area (Å²) in [7, 11) is 0. The molecule has 1 N–H and O–H groups in total. The Labute approximate surface area is 112 Å². The third-order valence-corrected chi connectivity index (χ3v) is 3.67. The number of rotatable bonds is 6.